The summed E-state index contributed by atoms with van der Waals surface area (Å²) in [6.45, 7) is 15.6. The zero-order valence-electron chi connectivity index (χ0n) is 23.9. The summed E-state index contributed by atoms with van der Waals surface area (Å²) in [5, 5.41) is 25.5. The molecule has 3 fully saturated rings. The first-order valence-electron chi connectivity index (χ1n) is 14.3. The van der Waals surface area contributed by atoms with Gasteiger partial charge in [-0.3, -0.25) is 9.59 Å². The summed E-state index contributed by atoms with van der Waals surface area (Å²) in [5.41, 5.74) is -0.317. The summed E-state index contributed by atoms with van der Waals surface area (Å²) < 4.78 is 0. The highest BCUT2D eigenvalue weighted by molar-refractivity contribution is 6.04. The van der Waals surface area contributed by atoms with E-state index in [1.54, 1.807) is 0 Å². The minimum absolute atomic E-state index is 0.0579. The Kier molecular flexibility index (Phi) is 5.07. The number of H-pyrrole nitrogens is 1. The van der Waals surface area contributed by atoms with E-state index in [-0.39, 0.29) is 56.6 Å². The van der Waals surface area contributed by atoms with Crippen LogP contribution in [0.3, 0.4) is 0 Å². The van der Waals surface area contributed by atoms with Crippen molar-refractivity contribution in [2.24, 2.45) is 44.8 Å². The number of tetrazole rings is 1. The average Bonchev–Trinajstić information content (AvgIpc) is 3.38. The monoisotopic (exact) mass is 515 g/mol. The van der Waals surface area contributed by atoms with Gasteiger partial charge in [-0.05, 0) is 79.1 Å². The summed E-state index contributed by atoms with van der Waals surface area (Å²) in [5.74, 6) is 0.995. The number of nitrogens with one attached hydrogen (secondary N) is 1. The van der Waals surface area contributed by atoms with E-state index in [4.69, 9.17) is 0 Å². The van der Waals surface area contributed by atoms with Crippen molar-refractivity contribution in [1.82, 2.24) is 20.6 Å². The zero-order chi connectivity index (χ0) is 27.5. The lowest BCUT2D eigenvalue weighted by Gasteiger charge is -2.69. The topological polar surface area (TPSA) is 112 Å². The Bertz CT molecular complexity index is 1330. The summed E-state index contributed by atoms with van der Waals surface area (Å²) >= 11 is 0. The molecule has 0 amide bonds. The third-order valence-electron chi connectivity index (χ3n) is 12.7. The smallest absolute Gasteiger partial charge is 0.180 e. The number of ketones is 2. The Hall–Kier alpha value is -2.62. The lowest BCUT2D eigenvalue weighted by atomic mass is 9.34. The van der Waals surface area contributed by atoms with Gasteiger partial charge in [-0.15, -0.1) is 10.2 Å². The molecule has 7 heteroatoms. The number of hydrogen-bond donors (Lipinski definition) is 1. The molecule has 0 radical (unpaired) electrons. The van der Waals surface area contributed by atoms with Crippen LogP contribution in [0.4, 0.5) is 0 Å². The Morgan fingerprint density at radius 3 is 2.37 bits per heavy atom. The summed E-state index contributed by atoms with van der Waals surface area (Å²) in [6.07, 6.45) is 10.6. The minimum atomic E-state index is -0.648. The lowest BCUT2D eigenvalue weighted by molar-refractivity contribution is -0.160. The van der Waals surface area contributed by atoms with Crippen LogP contribution in [0.25, 0.3) is 0 Å². The molecular weight excluding hydrogens is 474 g/mol. The van der Waals surface area contributed by atoms with Crippen LogP contribution in [0.15, 0.2) is 23.3 Å². The van der Waals surface area contributed by atoms with Crippen LogP contribution in [-0.2, 0) is 15.0 Å². The van der Waals surface area contributed by atoms with E-state index in [1.165, 1.54) is 0 Å². The molecular formula is C31H41N5O2. The number of allylic oxidation sites excluding steroid dienone is 4. The molecule has 7 atom stereocenters. The van der Waals surface area contributed by atoms with Crippen molar-refractivity contribution in [2.45, 2.75) is 98.8 Å². The molecule has 0 unspecified atom stereocenters. The molecule has 0 saturated heterocycles. The Labute approximate surface area is 225 Å². The van der Waals surface area contributed by atoms with Crippen molar-refractivity contribution in [1.29, 1.82) is 5.26 Å². The molecule has 1 heterocycles. The fraction of sp³-hybridized carbons (Fsp3) is 0.742. The van der Waals surface area contributed by atoms with E-state index >= 15 is 0 Å². The van der Waals surface area contributed by atoms with Gasteiger partial charge in [-0.25, -0.2) is 0 Å². The lowest BCUT2D eigenvalue weighted by Crippen LogP contribution is -2.65. The van der Waals surface area contributed by atoms with E-state index in [2.05, 4.69) is 61.3 Å². The van der Waals surface area contributed by atoms with Crippen LogP contribution in [0, 0.1) is 56.2 Å². The molecule has 0 aliphatic heterocycles. The van der Waals surface area contributed by atoms with E-state index < -0.39 is 10.8 Å². The molecule has 5 aliphatic carbocycles. The highest BCUT2D eigenvalue weighted by Gasteiger charge is 2.70. The number of Topliss-reactive ketones (excluding diaryl/α,β-unsaturated/α-hetero) is 1. The van der Waals surface area contributed by atoms with Gasteiger partial charge in [-0.1, -0.05) is 65.3 Å². The predicted molar refractivity (Wildman–Crippen MR) is 142 cm³/mol. The molecule has 7 nitrogen and oxygen atoms in total. The Morgan fingerprint density at radius 1 is 1.00 bits per heavy atom. The third-order valence-corrected chi connectivity index (χ3v) is 12.7. The maximum atomic E-state index is 14.5. The first-order chi connectivity index (χ1) is 17.7. The maximum Gasteiger partial charge on any atom is 0.180 e. The molecule has 38 heavy (non-hydrogen) atoms. The number of aromatic nitrogens is 4. The quantitative estimate of drug-likeness (QED) is 0.516. The second-order valence-corrected chi connectivity index (χ2v) is 15.1. The highest BCUT2D eigenvalue weighted by Crippen LogP contribution is 2.74. The fourth-order valence-electron chi connectivity index (χ4n) is 10.4. The molecule has 202 valence electrons. The molecule has 6 rings (SSSR count). The van der Waals surface area contributed by atoms with Gasteiger partial charge in [0.05, 0.1) is 5.57 Å². The molecule has 5 aliphatic rings. The van der Waals surface area contributed by atoms with Crippen molar-refractivity contribution in [3.8, 4) is 6.07 Å². The number of aromatic amines is 1. The van der Waals surface area contributed by atoms with E-state index in [0.29, 0.717) is 0 Å². The standard InChI is InChI=1S/C31H41N5O2/c1-26(2)10-12-31(25-33-35-36-34-25)13-11-30(7)23(19(31)16-26)20(37)14-22-28(5)15-18(17-32)24(38)27(3,4)21(28)8-9-29(22,30)6/h14-15,19,21,23H,8-13,16H2,1-7H3,(H,33,34,35,36)/t19-,21-,23-,28-,29+,30+,31-/m0/s1. The second-order valence-electron chi connectivity index (χ2n) is 15.1. The van der Waals surface area contributed by atoms with Gasteiger partial charge in [0.1, 0.15) is 6.07 Å². The fourth-order valence-corrected chi connectivity index (χ4v) is 10.4. The molecule has 0 aromatic carbocycles. The van der Waals surface area contributed by atoms with Gasteiger partial charge in [0, 0.05) is 22.2 Å². The van der Waals surface area contributed by atoms with E-state index in [0.717, 1.165) is 56.3 Å². The average molecular weight is 516 g/mol. The third kappa shape index (κ3) is 2.93. The molecule has 1 N–H and O–H groups in total. The van der Waals surface area contributed by atoms with Gasteiger partial charge in [0.15, 0.2) is 17.4 Å². The van der Waals surface area contributed by atoms with Crippen LogP contribution in [0.2, 0.25) is 0 Å². The van der Waals surface area contributed by atoms with Gasteiger partial charge in [0.25, 0.3) is 0 Å². The first-order valence-corrected chi connectivity index (χ1v) is 14.3. The number of fused-ring (bicyclic) bond motifs is 7. The number of carbonyl (C=O) groups excluding carboxylic acids is 2. The predicted octanol–water partition coefficient (Wildman–Crippen LogP) is 5.67. The number of nitriles is 1. The van der Waals surface area contributed by atoms with Crippen LogP contribution in [-0.4, -0.2) is 32.2 Å². The van der Waals surface area contributed by atoms with Crippen molar-refractivity contribution in [3.63, 3.8) is 0 Å². The molecule has 0 spiro atoms. The summed E-state index contributed by atoms with van der Waals surface area (Å²) in [7, 11) is 0. The van der Waals surface area contributed by atoms with E-state index in [9.17, 15) is 14.9 Å². The first kappa shape index (κ1) is 25.6. The van der Waals surface area contributed by atoms with Crippen molar-refractivity contribution in [2.75, 3.05) is 0 Å². The molecule has 1 aromatic heterocycles. The van der Waals surface area contributed by atoms with Gasteiger partial charge in [-0.2, -0.15) is 10.5 Å². The SMILES string of the molecule is CC1(C)CC[C@]2(c3nn[nH]n3)CC[C@]3(C)[C@H](C(=O)C=C4[C@@]5(C)C=C(C#N)C(=O)C(C)(C)[C@@H]5CC[C@]43C)[C@@H]2C1. The largest absolute Gasteiger partial charge is 0.295 e. The molecule has 3 saturated carbocycles. The van der Waals surface area contributed by atoms with Crippen LogP contribution >= 0.6 is 0 Å². The minimum Gasteiger partial charge on any atom is -0.295 e. The van der Waals surface area contributed by atoms with Gasteiger partial charge in [0.2, 0.25) is 0 Å². The van der Waals surface area contributed by atoms with Crippen LogP contribution < -0.4 is 0 Å². The van der Waals surface area contributed by atoms with Crippen LogP contribution in [0.5, 0.6) is 0 Å². The highest BCUT2D eigenvalue weighted by atomic mass is 16.1. The molecule has 0 bridgehead atoms. The summed E-state index contributed by atoms with van der Waals surface area (Å²) in [4.78, 5) is 27.7. The van der Waals surface area contributed by atoms with Gasteiger partial charge >= 0.3 is 0 Å². The Morgan fingerprint density at radius 2 is 1.71 bits per heavy atom. The number of carbonyl (C=O) groups is 2. The van der Waals surface area contributed by atoms with E-state index in [1.807, 2.05) is 26.0 Å². The number of rotatable bonds is 1. The second kappa shape index (κ2) is 7.52. The maximum absolute atomic E-state index is 14.5. The zero-order valence-corrected chi connectivity index (χ0v) is 23.9. The normalized spacial score (nSPS) is 44.9. The van der Waals surface area contributed by atoms with Crippen molar-refractivity contribution in [3.05, 3.63) is 29.1 Å². The summed E-state index contributed by atoms with van der Waals surface area (Å²) in [6, 6.07) is 2.20. The van der Waals surface area contributed by atoms with Crippen molar-refractivity contribution >= 4 is 11.6 Å². The van der Waals surface area contributed by atoms with Crippen molar-refractivity contribution < 1.29 is 9.59 Å². The van der Waals surface area contributed by atoms with Crippen LogP contribution in [0.1, 0.15) is 99.2 Å². The Balaban J connectivity index is 1.54. The number of nitrogens with zero attached hydrogens (tertiary/aromatic N) is 4. The molecule has 1 aromatic rings. The van der Waals surface area contributed by atoms with Gasteiger partial charge < -0.3 is 0 Å². The number of hydrogen-bond acceptors (Lipinski definition) is 6.